The third-order valence-corrected chi connectivity index (χ3v) is 2.95. The number of hydrogen-bond acceptors (Lipinski definition) is 3. The first kappa shape index (κ1) is 11.4. The van der Waals surface area contributed by atoms with Gasteiger partial charge in [0.15, 0.2) is 0 Å². The van der Waals surface area contributed by atoms with E-state index in [2.05, 4.69) is 38.0 Å². The Morgan fingerprint density at radius 2 is 2.29 bits per heavy atom. The molecule has 14 heavy (non-hydrogen) atoms. The van der Waals surface area contributed by atoms with Crippen LogP contribution in [-0.2, 0) is 4.74 Å². The van der Waals surface area contributed by atoms with Crippen molar-refractivity contribution in [3.63, 3.8) is 0 Å². The molecule has 1 rings (SSSR count). The van der Waals surface area contributed by atoms with Crippen LogP contribution in [0, 0.1) is 0 Å². The second-order valence-corrected chi connectivity index (χ2v) is 4.72. The summed E-state index contributed by atoms with van der Waals surface area (Å²) >= 11 is 3.61. The van der Waals surface area contributed by atoms with Crippen LogP contribution in [0.5, 0.6) is 0 Å². The molecule has 0 aromatic carbocycles. The summed E-state index contributed by atoms with van der Waals surface area (Å²) in [6, 6.07) is 0. The molecule has 0 aromatic heterocycles. The predicted molar refractivity (Wildman–Crippen MR) is 59.5 cm³/mol. The van der Waals surface area contributed by atoms with Crippen LogP contribution < -0.4 is 0 Å². The van der Waals surface area contributed by atoms with Gasteiger partial charge in [0.2, 0.25) is 0 Å². The first-order chi connectivity index (χ1) is 6.33. The van der Waals surface area contributed by atoms with Crippen LogP contribution in [0.4, 0.5) is 4.79 Å². The van der Waals surface area contributed by atoms with Gasteiger partial charge in [0.25, 0.3) is 0 Å². The van der Waals surface area contributed by atoms with Crippen molar-refractivity contribution in [2.24, 2.45) is 0 Å². The normalized spacial score (nSPS) is 26.1. The summed E-state index contributed by atoms with van der Waals surface area (Å²) in [5.41, 5.74) is 0.990. The lowest BCUT2D eigenvalue weighted by Crippen LogP contribution is -2.48. The van der Waals surface area contributed by atoms with Crippen LogP contribution >= 0.6 is 12.6 Å². The van der Waals surface area contributed by atoms with Gasteiger partial charge in [-0.25, -0.2) is 4.79 Å². The number of likely N-dealkylation sites (tertiary alicyclic amines) is 1. The van der Waals surface area contributed by atoms with E-state index in [4.69, 9.17) is 4.74 Å². The molecule has 1 fully saturated rings. The fraction of sp³-hybridized carbons (Fsp3) is 0.700. The highest BCUT2D eigenvalue weighted by atomic mass is 32.1. The molecule has 1 aliphatic heterocycles. The summed E-state index contributed by atoms with van der Waals surface area (Å²) in [4.78, 5) is 12.8. The minimum atomic E-state index is -0.511. The molecule has 0 saturated carbocycles. The van der Waals surface area contributed by atoms with Gasteiger partial charge >= 0.3 is 5.30 Å². The topological polar surface area (TPSA) is 29.5 Å². The van der Waals surface area contributed by atoms with Gasteiger partial charge in [0, 0.05) is 31.1 Å². The standard InChI is InChI=1S/C10H17NO2S/c1-7-5-8(13-9(12)14)6-10(2,3)11(7)4/h8H,1,5-6H2,2-4H3,(H,12,14). The second-order valence-electron chi connectivity index (χ2n) is 4.35. The van der Waals surface area contributed by atoms with Crippen molar-refractivity contribution >= 4 is 17.9 Å². The van der Waals surface area contributed by atoms with Gasteiger partial charge in [-0.2, -0.15) is 0 Å². The highest BCUT2D eigenvalue weighted by molar-refractivity contribution is 7.96. The first-order valence-corrected chi connectivity index (χ1v) is 5.09. The third-order valence-electron chi connectivity index (χ3n) is 2.84. The Morgan fingerprint density at radius 1 is 1.71 bits per heavy atom. The molecule has 1 unspecified atom stereocenters. The average molecular weight is 215 g/mol. The van der Waals surface area contributed by atoms with Gasteiger partial charge < -0.3 is 9.64 Å². The lowest BCUT2D eigenvalue weighted by atomic mass is 9.87. The molecular weight excluding hydrogens is 198 g/mol. The van der Waals surface area contributed by atoms with Crippen molar-refractivity contribution in [3.05, 3.63) is 12.3 Å². The molecule has 1 saturated heterocycles. The Hall–Kier alpha value is -0.640. The molecule has 0 radical (unpaired) electrons. The van der Waals surface area contributed by atoms with Crippen LogP contribution in [0.15, 0.2) is 12.3 Å². The molecule has 4 heteroatoms. The highest BCUT2D eigenvalue weighted by Crippen LogP contribution is 2.33. The molecule has 80 valence electrons. The van der Waals surface area contributed by atoms with Crippen molar-refractivity contribution < 1.29 is 9.53 Å². The number of nitrogens with zero attached hydrogens (tertiary/aromatic N) is 1. The first-order valence-electron chi connectivity index (χ1n) is 4.64. The monoisotopic (exact) mass is 215 g/mol. The average Bonchev–Trinajstić information content (AvgIpc) is 1.98. The van der Waals surface area contributed by atoms with E-state index < -0.39 is 5.30 Å². The van der Waals surface area contributed by atoms with Crippen LogP contribution in [0.1, 0.15) is 26.7 Å². The number of rotatable bonds is 1. The maximum Gasteiger partial charge on any atom is 0.364 e. The Balaban J connectivity index is 2.69. The number of ether oxygens (including phenoxy) is 1. The van der Waals surface area contributed by atoms with E-state index in [-0.39, 0.29) is 11.6 Å². The van der Waals surface area contributed by atoms with E-state index in [0.717, 1.165) is 12.1 Å². The summed E-state index contributed by atoms with van der Waals surface area (Å²) in [5.74, 6) is 0. The lowest BCUT2D eigenvalue weighted by Gasteiger charge is -2.45. The highest BCUT2D eigenvalue weighted by Gasteiger charge is 2.35. The molecule has 0 aromatic rings. The van der Waals surface area contributed by atoms with E-state index in [1.165, 1.54) is 0 Å². The quantitative estimate of drug-likeness (QED) is 0.538. The van der Waals surface area contributed by atoms with Gasteiger partial charge in [0.05, 0.1) is 0 Å². The minimum Gasteiger partial charge on any atom is -0.454 e. The van der Waals surface area contributed by atoms with E-state index in [1.54, 1.807) is 0 Å². The zero-order valence-electron chi connectivity index (χ0n) is 8.91. The van der Waals surface area contributed by atoms with Crippen LogP contribution in [0.2, 0.25) is 0 Å². The number of piperidine rings is 1. The molecule has 0 N–H and O–H groups in total. The van der Waals surface area contributed by atoms with Gasteiger partial charge in [-0.05, 0) is 13.8 Å². The van der Waals surface area contributed by atoms with Crippen molar-refractivity contribution in [1.29, 1.82) is 0 Å². The summed E-state index contributed by atoms with van der Waals surface area (Å²) in [6.45, 7) is 8.17. The molecule has 3 nitrogen and oxygen atoms in total. The molecular formula is C10H17NO2S. The molecule has 1 atom stereocenters. The van der Waals surface area contributed by atoms with Crippen molar-refractivity contribution in [3.8, 4) is 0 Å². The summed E-state index contributed by atoms with van der Waals surface area (Å²) in [5, 5.41) is -0.511. The minimum absolute atomic E-state index is 0.0107. The van der Waals surface area contributed by atoms with E-state index in [0.29, 0.717) is 6.42 Å². The van der Waals surface area contributed by atoms with E-state index in [1.807, 2.05) is 7.05 Å². The molecule has 1 aliphatic rings. The lowest BCUT2D eigenvalue weighted by molar-refractivity contribution is 0.0360. The zero-order chi connectivity index (χ0) is 10.9. The Labute approximate surface area is 90.5 Å². The maximum absolute atomic E-state index is 10.7. The SMILES string of the molecule is C=C1CC(OC(=O)S)CC(C)(C)N1C. The van der Waals surface area contributed by atoms with Crippen molar-refractivity contribution in [2.45, 2.75) is 38.3 Å². The fourth-order valence-electron chi connectivity index (χ4n) is 1.82. The van der Waals surface area contributed by atoms with Gasteiger partial charge in [-0.1, -0.05) is 19.2 Å². The van der Waals surface area contributed by atoms with Crippen molar-refractivity contribution in [1.82, 2.24) is 4.90 Å². The molecule has 0 spiro atoms. The maximum atomic E-state index is 10.7. The number of carbonyl (C=O) groups excluding carboxylic acids is 1. The van der Waals surface area contributed by atoms with Crippen LogP contribution in [0.25, 0.3) is 0 Å². The number of carbonyl (C=O) groups is 1. The van der Waals surface area contributed by atoms with E-state index >= 15 is 0 Å². The predicted octanol–water partition coefficient (Wildman–Crippen LogP) is 2.44. The Morgan fingerprint density at radius 3 is 2.71 bits per heavy atom. The van der Waals surface area contributed by atoms with Gasteiger partial charge in [0.1, 0.15) is 6.10 Å². The molecule has 0 amide bonds. The van der Waals surface area contributed by atoms with Crippen molar-refractivity contribution in [2.75, 3.05) is 7.05 Å². The summed E-state index contributed by atoms with van der Waals surface area (Å²) in [6.07, 6.45) is 1.43. The fourth-order valence-corrected chi connectivity index (χ4v) is 1.97. The molecule has 0 bridgehead atoms. The van der Waals surface area contributed by atoms with Gasteiger partial charge in [-0.3, -0.25) is 0 Å². The van der Waals surface area contributed by atoms with Crippen LogP contribution in [0.3, 0.4) is 0 Å². The summed E-state index contributed by atoms with van der Waals surface area (Å²) < 4.78 is 5.08. The number of thiol groups is 1. The number of hydrogen-bond donors (Lipinski definition) is 1. The Kier molecular flexibility index (Phi) is 3.14. The smallest absolute Gasteiger partial charge is 0.364 e. The molecule has 1 heterocycles. The second kappa shape index (κ2) is 3.85. The van der Waals surface area contributed by atoms with E-state index in [9.17, 15) is 4.79 Å². The molecule has 0 aliphatic carbocycles. The zero-order valence-corrected chi connectivity index (χ0v) is 9.80. The third kappa shape index (κ3) is 2.44. The van der Waals surface area contributed by atoms with Gasteiger partial charge in [-0.15, -0.1) is 0 Å². The summed E-state index contributed by atoms with van der Waals surface area (Å²) in [7, 11) is 2.01. The largest absolute Gasteiger partial charge is 0.454 e. The van der Waals surface area contributed by atoms with Crippen LogP contribution in [-0.4, -0.2) is 28.9 Å². The Bertz CT molecular complexity index is 263.